The number of hydrogen-bond donors (Lipinski definition) is 0. The van der Waals surface area contributed by atoms with Crippen molar-refractivity contribution in [3.63, 3.8) is 0 Å². The predicted octanol–water partition coefficient (Wildman–Crippen LogP) is 7.32. The Balaban J connectivity index is 4.93. The molecule has 0 radical (unpaired) electrons. The molecule has 0 aromatic heterocycles. The van der Waals surface area contributed by atoms with Gasteiger partial charge in [0.1, 0.15) is 0 Å². The quantitative estimate of drug-likeness (QED) is 0.0674. The molecule has 0 amide bonds. The molecule has 0 aliphatic rings. The SMILES string of the molecule is CCO[Si](CCCC(CCC[Si](OCC)(OCC)OCC)SSSSC)(OCC)OCC. The van der Waals surface area contributed by atoms with Gasteiger partial charge in [0.05, 0.1) is 0 Å². The second kappa shape index (κ2) is 21.8. The first-order chi connectivity index (χ1) is 15.5. The van der Waals surface area contributed by atoms with Crippen LogP contribution < -0.4 is 0 Å². The number of hydrogen-bond acceptors (Lipinski definition) is 10. The van der Waals surface area contributed by atoms with Gasteiger partial charge >= 0.3 is 17.6 Å². The van der Waals surface area contributed by atoms with E-state index < -0.39 is 17.6 Å². The summed E-state index contributed by atoms with van der Waals surface area (Å²) in [6.07, 6.45) is 6.42. The average molecular weight is 567 g/mol. The van der Waals surface area contributed by atoms with Gasteiger partial charge in [0.2, 0.25) is 0 Å². The third-order valence-corrected chi connectivity index (χ3v) is 17.4. The van der Waals surface area contributed by atoms with Crippen molar-refractivity contribution < 1.29 is 26.6 Å². The van der Waals surface area contributed by atoms with Crippen molar-refractivity contribution in [2.45, 2.75) is 84.6 Å². The Morgan fingerprint density at radius 1 is 0.562 bits per heavy atom. The van der Waals surface area contributed by atoms with Crippen LogP contribution in [-0.4, -0.2) is 68.8 Å². The third kappa shape index (κ3) is 14.9. The molecule has 0 N–H and O–H groups in total. The van der Waals surface area contributed by atoms with Crippen molar-refractivity contribution in [2.24, 2.45) is 0 Å². The molecule has 0 unspecified atom stereocenters. The minimum absolute atomic E-state index is 0.549. The zero-order valence-electron chi connectivity index (χ0n) is 21.1. The summed E-state index contributed by atoms with van der Waals surface area (Å²) in [4.78, 5) is 0. The highest BCUT2D eigenvalue weighted by Crippen LogP contribution is 2.46. The molecule has 194 valence electrons. The molecule has 32 heavy (non-hydrogen) atoms. The van der Waals surface area contributed by atoms with Crippen molar-refractivity contribution in [3.05, 3.63) is 0 Å². The van der Waals surface area contributed by atoms with Crippen molar-refractivity contribution in [1.29, 1.82) is 0 Å². The molecule has 0 heterocycles. The van der Waals surface area contributed by atoms with Gasteiger partial charge in [0, 0.05) is 57.0 Å². The zero-order chi connectivity index (χ0) is 24.1. The summed E-state index contributed by atoms with van der Waals surface area (Å²) in [6.45, 7) is 15.9. The lowest BCUT2D eigenvalue weighted by molar-refractivity contribution is 0.0703. The van der Waals surface area contributed by atoms with E-state index in [1.165, 1.54) is 0 Å². The molecule has 0 aliphatic carbocycles. The highest BCUT2D eigenvalue weighted by atomic mass is 33.7. The highest BCUT2D eigenvalue weighted by molar-refractivity contribution is 9.26. The minimum Gasteiger partial charge on any atom is -0.374 e. The van der Waals surface area contributed by atoms with Gasteiger partial charge < -0.3 is 26.6 Å². The monoisotopic (exact) mass is 566 g/mol. The van der Waals surface area contributed by atoms with Gasteiger partial charge in [-0.25, -0.2) is 0 Å². The molecule has 12 heteroatoms. The lowest BCUT2D eigenvalue weighted by Crippen LogP contribution is -2.46. The van der Waals surface area contributed by atoms with Gasteiger partial charge in [-0.3, -0.25) is 0 Å². The summed E-state index contributed by atoms with van der Waals surface area (Å²) in [5.74, 6) is 0. The lowest BCUT2D eigenvalue weighted by atomic mass is 10.1. The van der Waals surface area contributed by atoms with Gasteiger partial charge in [-0.1, -0.05) is 21.6 Å². The van der Waals surface area contributed by atoms with Crippen LogP contribution in [0.2, 0.25) is 12.1 Å². The Bertz CT molecular complexity index is 364. The normalized spacial score (nSPS) is 12.8. The fourth-order valence-corrected chi connectivity index (χ4v) is 14.8. The fourth-order valence-electron chi connectivity index (χ4n) is 3.43. The van der Waals surface area contributed by atoms with Gasteiger partial charge in [0.25, 0.3) is 0 Å². The molecule has 0 spiro atoms. The molecule has 0 fully saturated rings. The molecule has 0 bridgehead atoms. The molecule has 0 aliphatic heterocycles. The van der Waals surface area contributed by atoms with E-state index in [-0.39, 0.29) is 0 Å². The summed E-state index contributed by atoms with van der Waals surface area (Å²) < 4.78 is 36.2. The predicted molar refractivity (Wildman–Crippen MR) is 149 cm³/mol. The summed E-state index contributed by atoms with van der Waals surface area (Å²) in [6, 6.07) is 1.74. The molecule has 0 atom stereocenters. The summed E-state index contributed by atoms with van der Waals surface area (Å²) >= 11 is 0. The summed E-state index contributed by atoms with van der Waals surface area (Å²) in [5.41, 5.74) is 0. The van der Waals surface area contributed by atoms with E-state index in [9.17, 15) is 0 Å². The lowest BCUT2D eigenvalue weighted by Gasteiger charge is -2.29. The van der Waals surface area contributed by atoms with Crippen LogP contribution in [-0.2, 0) is 26.6 Å². The van der Waals surface area contributed by atoms with Crippen LogP contribution in [0, 0.1) is 0 Å². The van der Waals surface area contributed by atoms with Crippen LogP contribution in [0.25, 0.3) is 0 Å². The van der Waals surface area contributed by atoms with Crippen molar-refractivity contribution in [3.8, 4) is 0 Å². The molecule has 0 saturated heterocycles. The second-order valence-corrected chi connectivity index (χ2v) is 18.5. The van der Waals surface area contributed by atoms with E-state index >= 15 is 0 Å². The fraction of sp³-hybridized carbons (Fsp3) is 1.00. The molecule has 0 saturated carbocycles. The van der Waals surface area contributed by atoms with Crippen LogP contribution in [0.4, 0.5) is 0 Å². The van der Waals surface area contributed by atoms with Crippen LogP contribution in [0.3, 0.4) is 0 Å². The first-order valence-corrected chi connectivity index (χ1v) is 21.0. The average Bonchev–Trinajstić information content (AvgIpc) is 2.75. The Kier molecular flexibility index (Phi) is 22.9. The molecule has 0 aromatic rings. The van der Waals surface area contributed by atoms with Crippen molar-refractivity contribution >= 4 is 58.8 Å². The molecule has 0 rings (SSSR count). The highest BCUT2D eigenvalue weighted by Gasteiger charge is 2.41. The van der Waals surface area contributed by atoms with E-state index in [0.29, 0.717) is 44.9 Å². The van der Waals surface area contributed by atoms with Gasteiger partial charge in [0.15, 0.2) is 0 Å². The maximum absolute atomic E-state index is 6.03. The van der Waals surface area contributed by atoms with Crippen LogP contribution in [0.1, 0.15) is 67.2 Å². The molecule has 0 aromatic carbocycles. The first-order valence-electron chi connectivity index (χ1n) is 11.9. The van der Waals surface area contributed by atoms with E-state index in [1.807, 2.05) is 72.0 Å². The van der Waals surface area contributed by atoms with Gasteiger partial charge in [-0.05, 0) is 93.1 Å². The molecule has 6 nitrogen and oxygen atoms in total. The van der Waals surface area contributed by atoms with Gasteiger partial charge in [-0.15, -0.1) is 0 Å². The standard InChI is InChI=1S/C20H46O6S4Si2/c1-8-21-31(22-9-2,23-10-3)18-14-16-20(28-30-29-27-7)17-15-19-32(24-11-4,25-12-5)26-13-6/h20H,8-19H2,1-7H3. The summed E-state index contributed by atoms with van der Waals surface area (Å²) in [5, 5.41) is 0.549. The van der Waals surface area contributed by atoms with Crippen LogP contribution in [0.5, 0.6) is 0 Å². The molecular weight excluding hydrogens is 521 g/mol. The largest absolute Gasteiger partial charge is 0.500 e. The second-order valence-electron chi connectivity index (χ2n) is 6.77. The zero-order valence-corrected chi connectivity index (χ0v) is 26.4. The Morgan fingerprint density at radius 2 is 0.906 bits per heavy atom. The van der Waals surface area contributed by atoms with E-state index in [1.54, 1.807) is 10.8 Å². The first kappa shape index (κ1) is 33.6. The number of rotatable bonds is 24. The van der Waals surface area contributed by atoms with Crippen molar-refractivity contribution in [2.75, 3.05) is 45.9 Å². The summed E-state index contributed by atoms with van der Waals surface area (Å²) in [7, 11) is 2.32. The van der Waals surface area contributed by atoms with E-state index in [0.717, 1.165) is 37.8 Å². The van der Waals surface area contributed by atoms with Crippen molar-refractivity contribution in [1.82, 2.24) is 0 Å². The third-order valence-electron chi connectivity index (χ3n) is 4.47. The smallest absolute Gasteiger partial charge is 0.374 e. The van der Waals surface area contributed by atoms with Gasteiger partial charge in [-0.2, -0.15) is 0 Å². The Labute approximate surface area is 215 Å². The molecular formula is C20H46O6S4Si2. The van der Waals surface area contributed by atoms with Crippen LogP contribution >= 0.6 is 41.2 Å². The Hall–Kier alpha value is 1.59. The Morgan fingerprint density at radius 3 is 1.19 bits per heavy atom. The van der Waals surface area contributed by atoms with E-state index in [4.69, 9.17) is 26.6 Å². The minimum atomic E-state index is -2.57. The topological polar surface area (TPSA) is 55.4 Å². The maximum atomic E-state index is 6.03. The maximum Gasteiger partial charge on any atom is 0.500 e. The van der Waals surface area contributed by atoms with E-state index in [2.05, 4.69) is 6.26 Å². The van der Waals surface area contributed by atoms with Crippen LogP contribution in [0.15, 0.2) is 0 Å².